The van der Waals surface area contributed by atoms with Crippen LogP contribution in [0, 0.1) is 0 Å². The summed E-state index contributed by atoms with van der Waals surface area (Å²) >= 11 is 13.7. The Morgan fingerprint density at radius 3 is 2.78 bits per heavy atom. The number of hydrogen-bond donors (Lipinski definition) is 1. The van der Waals surface area contributed by atoms with Crippen LogP contribution in [-0.4, -0.2) is 10.9 Å². The first-order valence-electron chi connectivity index (χ1n) is 7.99. The Kier molecular flexibility index (Phi) is 4.99. The molecule has 4 rings (SSSR count). The highest BCUT2D eigenvalue weighted by Gasteiger charge is 2.10. The highest BCUT2D eigenvalue weighted by molar-refractivity contribution is 7.22. The van der Waals surface area contributed by atoms with Crippen molar-refractivity contribution in [3.8, 4) is 11.3 Å². The Balaban J connectivity index is 1.47. The van der Waals surface area contributed by atoms with E-state index in [1.54, 1.807) is 30.3 Å². The largest absolute Gasteiger partial charge is 0.457 e. The number of hydrogen-bond acceptors (Lipinski definition) is 4. The number of aromatic nitrogens is 1. The van der Waals surface area contributed by atoms with E-state index in [0.717, 1.165) is 10.2 Å². The van der Waals surface area contributed by atoms with E-state index in [1.807, 2.05) is 30.3 Å². The Hall–Kier alpha value is -2.60. The average Bonchev–Trinajstić information content (AvgIpc) is 3.28. The van der Waals surface area contributed by atoms with Gasteiger partial charge >= 0.3 is 0 Å². The number of para-hydroxylation sites is 1. The summed E-state index contributed by atoms with van der Waals surface area (Å²) in [4.78, 5) is 16.5. The Morgan fingerprint density at radius 1 is 1.07 bits per heavy atom. The van der Waals surface area contributed by atoms with Gasteiger partial charge in [-0.05, 0) is 42.5 Å². The summed E-state index contributed by atoms with van der Waals surface area (Å²) in [5, 5.41) is 4.20. The van der Waals surface area contributed by atoms with Crippen molar-refractivity contribution in [1.82, 2.24) is 4.98 Å². The molecule has 0 aliphatic heterocycles. The molecule has 0 atom stereocenters. The van der Waals surface area contributed by atoms with E-state index in [9.17, 15) is 4.79 Å². The van der Waals surface area contributed by atoms with E-state index in [0.29, 0.717) is 32.3 Å². The first-order chi connectivity index (χ1) is 13.1. The van der Waals surface area contributed by atoms with Crippen LogP contribution in [0.2, 0.25) is 10.0 Å². The second kappa shape index (κ2) is 7.56. The van der Waals surface area contributed by atoms with Crippen molar-refractivity contribution in [3.05, 3.63) is 76.5 Å². The van der Waals surface area contributed by atoms with Crippen LogP contribution in [0.4, 0.5) is 5.13 Å². The second-order valence-corrected chi connectivity index (χ2v) is 7.43. The maximum atomic E-state index is 12.1. The lowest BCUT2D eigenvalue weighted by Gasteiger charge is -2.01. The predicted octanol–water partition coefficient (Wildman–Crippen LogP) is 6.52. The summed E-state index contributed by atoms with van der Waals surface area (Å²) < 4.78 is 6.75. The van der Waals surface area contributed by atoms with Gasteiger partial charge in [0.05, 0.1) is 20.3 Å². The molecule has 0 fully saturated rings. The number of carbonyl (C=O) groups excluding carboxylic acids is 1. The standard InChI is InChI=1S/C20H12Cl2N2O2S/c21-14-5-3-4-13(19(14)22)16-10-8-12(26-16)9-11-18(25)24-20-23-15-6-1-2-7-17(15)27-20/h1-11H,(H,23,24,25). The van der Waals surface area contributed by atoms with Crippen LogP contribution in [-0.2, 0) is 4.79 Å². The number of amides is 1. The lowest BCUT2D eigenvalue weighted by Crippen LogP contribution is -2.07. The number of anilines is 1. The molecular weight excluding hydrogens is 403 g/mol. The van der Waals surface area contributed by atoms with Gasteiger partial charge in [0.2, 0.25) is 5.91 Å². The van der Waals surface area contributed by atoms with Crippen molar-refractivity contribution >= 4 is 61.9 Å². The first kappa shape index (κ1) is 17.8. The van der Waals surface area contributed by atoms with Gasteiger partial charge in [0.25, 0.3) is 0 Å². The van der Waals surface area contributed by atoms with E-state index in [-0.39, 0.29) is 5.91 Å². The molecule has 27 heavy (non-hydrogen) atoms. The maximum Gasteiger partial charge on any atom is 0.250 e. The smallest absolute Gasteiger partial charge is 0.250 e. The topological polar surface area (TPSA) is 55.1 Å². The van der Waals surface area contributed by atoms with Gasteiger partial charge in [-0.25, -0.2) is 4.98 Å². The molecule has 4 nitrogen and oxygen atoms in total. The minimum absolute atomic E-state index is 0.284. The van der Waals surface area contributed by atoms with Gasteiger partial charge in [-0.3, -0.25) is 10.1 Å². The SMILES string of the molecule is O=C(C=Cc1ccc(-c2cccc(Cl)c2Cl)o1)Nc1nc2ccccc2s1. The molecule has 0 saturated heterocycles. The summed E-state index contributed by atoms with van der Waals surface area (Å²) in [5.74, 6) is 0.821. The number of furan rings is 1. The number of thiazole rings is 1. The zero-order valence-corrected chi connectivity index (χ0v) is 16.1. The van der Waals surface area contributed by atoms with Gasteiger partial charge in [0, 0.05) is 11.6 Å². The summed E-state index contributed by atoms with van der Waals surface area (Å²) in [6.45, 7) is 0. The van der Waals surface area contributed by atoms with Crippen molar-refractivity contribution in [2.45, 2.75) is 0 Å². The number of halogens is 2. The summed E-state index contributed by atoms with van der Waals surface area (Å²) in [6.07, 6.45) is 2.98. The van der Waals surface area contributed by atoms with Gasteiger partial charge in [0.15, 0.2) is 5.13 Å². The lowest BCUT2D eigenvalue weighted by atomic mass is 10.2. The van der Waals surface area contributed by atoms with Gasteiger partial charge in [-0.15, -0.1) is 0 Å². The van der Waals surface area contributed by atoms with Crippen LogP contribution in [0.25, 0.3) is 27.6 Å². The normalized spacial score (nSPS) is 11.3. The number of rotatable bonds is 4. The van der Waals surface area contributed by atoms with Crippen LogP contribution >= 0.6 is 34.5 Å². The van der Waals surface area contributed by atoms with Crippen LogP contribution in [0.15, 0.2) is 65.1 Å². The van der Waals surface area contributed by atoms with Crippen LogP contribution in [0.5, 0.6) is 0 Å². The summed E-state index contributed by atoms with van der Waals surface area (Å²) in [6, 6.07) is 16.6. The number of nitrogens with one attached hydrogen (secondary N) is 1. The van der Waals surface area contributed by atoms with Gasteiger partial charge in [0.1, 0.15) is 11.5 Å². The Labute approximate surface area is 169 Å². The molecule has 0 aliphatic rings. The fourth-order valence-corrected chi connectivity index (χ4v) is 3.77. The van der Waals surface area contributed by atoms with Crippen LogP contribution < -0.4 is 5.32 Å². The van der Waals surface area contributed by atoms with Crippen molar-refractivity contribution < 1.29 is 9.21 Å². The molecule has 1 amide bonds. The lowest BCUT2D eigenvalue weighted by molar-refractivity contribution is -0.111. The van der Waals surface area contributed by atoms with Gasteiger partial charge in [-0.2, -0.15) is 0 Å². The third-order valence-electron chi connectivity index (χ3n) is 3.77. The molecule has 0 radical (unpaired) electrons. The molecule has 2 aromatic heterocycles. The molecule has 1 N–H and O–H groups in total. The average molecular weight is 415 g/mol. The molecule has 0 unspecified atom stereocenters. The third kappa shape index (κ3) is 3.90. The molecule has 7 heteroatoms. The molecule has 0 saturated carbocycles. The van der Waals surface area contributed by atoms with E-state index >= 15 is 0 Å². The van der Waals surface area contributed by atoms with Crippen molar-refractivity contribution in [3.63, 3.8) is 0 Å². The monoisotopic (exact) mass is 414 g/mol. The maximum absolute atomic E-state index is 12.1. The molecule has 0 spiro atoms. The van der Waals surface area contributed by atoms with Crippen molar-refractivity contribution in [1.29, 1.82) is 0 Å². The summed E-state index contributed by atoms with van der Waals surface area (Å²) in [5.41, 5.74) is 1.55. The highest BCUT2D eigenvalue weighted by Crippen LogP contribution is 2.34. The number of nitrogens with zero attached hydrogens (tertiary/aromatic N) is 1. The molecule has 0 bridgehead atoms. The van der Waals surface area contributed by atoms with Crippen LogP contribution in [0.1, 0.15) is 5.76 Å². The second-order valence-electron chi connectivity index (χ2n) is 5.61. The third-order valence-corrected chi connectivity index (χ3v) is 5.54. The van der Waals surface area contributed by atoms with E-state index in [2.05, 4.69) is 10.3 Å². The van der Waals surface area contributed by atoms with E-state index in [4.69, 9.17) is 27.6 Å². The van der Waals surface area contributed by atoms with Crippen molar-refractivity contribution in [2.75, 3.05) is 5.32 Å². The molecule has 4 aromatic rings. The number of benzene rings is 2. The molecule has 2 heterocycles. The fourth-order valence-electron chi connectivity index (χ4n) is 2.51. The predicted molar refractivity (Wildman–Crippen MR) is 111 cm³/mol. The summed E-state index contributed by atoms with van der Waals surface area (Å²) in [7, 11) is 0. The molecule has 0 aliphatic carbocycles. The molecule has 2 aromatic carbocycles. The number of fused-ring (bicyclic) bond motifs is 1. The van der Waals surface area contributed by atoms with E-state index in [1.165, 1.54) is 17.4 Å². The van der Waals surface area contributed by atoms with Gasteiger partial charge in [-0.1, -0.05) is 52.7 Å². The molecule has 134 valence electrons. The van der Waals surface area contributed by atoms with Crippen LogP contribution in [0.3, 0.4) is 0 Å². The minimum atomic E-state index is -0.284. The van der Waals surface area contributed by atoms with Crippen molar-refractivity contribution in [2.24, 2.45) is 0 Å². The fraction of sp³-hybridized carbons (Fsp3) is 0. The number of carbonyl (C=O) groups is 1. The Morgan fingerprint density at radius 2 is 1.93 bits per heavy atom. The zero-order chi connectivity index (χ0) is 18.8. The first-order valence-corrected chi connectivity index (χ1v) is 9.56. The highest BCUT2D eigenvalue weighted by atomic mass is 35.5. The Bertz CT molecular complexity index is 1130. The quantitative estimate of drug-likeness (QED) is 0.387. The van der Waals surface area contributed by atoms with E-state index < -0.39 is 0 Å². The zero-order valence-electron chi connectivity index (χ0n) is 13.8. The van der Waals surface area contributed by atoms with Gasteiger partial charge < -0.3 is 4.42 Å². The molecular formula is C20H12Cl2N2O2S. The minimum Gasteiger partial charge on any atom is -0.457 e.